The summed E-state index contributed by atoms with van der Waals surface area (Å²) in [6, 6.07) is 19.2. The molecule has 3 heterocycles. The molecule has 2 aromatic heterocycles. The first-order valence-electron chi connectivity index (χ1n) is 10.1. The Kier molecular flexibility index (Phi) is 5.38. The zero-order valence-corrected chi connectivity index (χ0v) is 17.7. The third-order valence-corrected chi connectivity index (χ3v) is 6.33. The molecule has 0 saturated heterocycles. The van der Waals surface area contributed by atoms with Crippen molar-refractivity contribution in [2.45, 2.75) is 24.0 Å². The molecule has 0 saturated carbocycles. The van der Waals surface area contributed by atoms with Gasteiger partial charge in [-0.15, -0.1) is 11.8 Å². The van der Waals surface area contributed by atoms with Crippen LogP contribution < -0.4 is 10.1 Å². The molecule has 7 heteroatoms. The van der Waals surface area contributed by atoms with Crippen molar-refractivity contribution in [3.8, 4) is 16.9 Å². The first kappa shape index (κ1) is 20.0. The van der Waals surface area contributed by atoms with Crippen molar-refractivity contribution in [3.63, 3.8) is 0 Å². The van der Waals surface area contributed by atoms with Gasteiger partial charge >= 0.3 is 6.61 Å². The molecule has 31 heavy (non-hydrogen) atoms. The number of benzene rings is 2. The van der Waals surface area contributed by atoms with Crippen LogP contribution in [0.3, 0.4) is 0 Å². The van der Waals surface area contributed by atoms with Crippen molar-refractivity contribution in [2.24, 2.45) is 0 Å². The van der Waals surface area contributed by atoms with Crippen molar-refractivity contribution in [1.29, 1.82) is 0 Å². The fourth-order valence-corrected chi connectivity index (χ4v) is 4.57. The molecule has 1 N–H and O–H groups in total. The molecule has 1 unspecified atom stereocenters. The number of aromatic nitrogens is 2. The maximum absolute atomic E-state index is 13.0. The van der Waals surface area contributed by atoms with E-state index in [1.54, 1.807) is 23.9 Å². The average molecular weight is 438 g/mol. The number of nitrogens with zero attached hydrogens (tertiary/aromatic N) is 2. The summed E-state index contributed by atoms with van der Waals surface area (Å²) in [5.41, 5.74) is 5.65. The van der Waals surface area contributed by atoms with Crippen LogP contribution in [-0.2, 0) is 6.42 Å². The van der Waals surface area contributed by atoms with Gasteiger partial charge in [-0.1, -0.05) is 30.3 Å². The van der Waals surface area contributed by atoms with E-state index in [1.807, 2.05) is 18.2 Å². The van der Waals surface area contributed by atoms with Gasteiger partial charge in [0, 0.05) is 29.6 Å². The Morgan fingerprint density at radius 1 is 1.06 bits per heavy atom. The second kappa shape index (κ2) is 8.32. The molecule has 0 bridgehead atoms. The molecule has 4 aromatic rings. The zero-order chi connectivity index (χ0) is 21.4. The maximum Gasteiger partial charge on any atom is 0.387 e. The Bertz CT molecular complexity index is 1220. The van der Waals surface area contributed by atoms with Crippen LogP contribution in [0, 0.1) is 0 Å². The Labute approximate surface area is 183 Å². The van der Waals surface area contributed by atoms with E-state index in [9.17, 15) is 8.78 Å². The quantitative estimate of drug-likeness (QED) is 0.415. The molecular formula is C24H21F2N3OS. The zero-order valence-electron chi connectivity index (χ0n) is 16.9. The van der Waals surface area contributed by atoms with Crippen LogP contribution in [0.1, 0.15) is 23.0 Å². The van der Waals surface area contributed by atoms with E-state index in [-0.39, 0.29) is 11.8 Å². The van der Waals surface area contributed by atoms with Gasteiger partial charge in [0.25, 0.3) is 0 Å². The van der Waals surface area contributed by atoms with Crippen LogP contribution in [0.15, 0.2) is 71.8 Å². The molecule has 0 fully saturated rings. The molecule has 158 valence electrons. The van der Waals surface area contributed by atoms with Gasteiger partial charge in [0.05, 0.1) is 17.4 Å². The van der Waals surface area contributed by atoms with Crippen molar-refractivity contribution in [3.05, 3.63) is 83.8 Å². The Morgan fingerprint density at radius 2 is 1.84 bits per heavy atom. The number of para-hydroxylation sites is 1. The lowest BCUT2D eigenvalue weighted by atomic mass is 9.97. The third kappa shape index (κ3) is 3.79. The van der Waals surface area contributed by atoms with Crippen molar-refractivity contribution < 1.29 is 13.5 Å². The average Bonchev–Trinajstić information content (AvgIpc) is 3.17. The summed E-state index contributed by atoms with van der Waals surface area (Å²) in [5.74, 6) is 0.182. The molecule has 0 amide bonds. The van der Waals surface area contributed by atoms with Gasteiger partial charge in [-0.25, -0.2) is 4.98 Å². The van der Waals surface area contributed by atoms with Gasteiger partial charge in [0.2, 0.25) is 0 Å². The normalized spacial score (nSPS) is 15.9. The standard InChI is InChI=1S/C24H21F2N3OS/c1-31-17-9-6-15(7-10-17)16-8-11-21-28-19-12-13-27-22(23(19)29(21)14-16)18-4-2-3-5-20(18)30-24(25)26/h2-11,14,22,24,27H,12-13H2,1H3. The number of pyridine rings is 1. The smallest absolute Gasteiger partial charge is 0.387 e. The lowest BCUT2D eigenvalue weighted by molar-refractivity contribution is -0.0506. The highest BCUT2D eigenvalue weighted by molar-refractivity contribution is 7.98. The molecule has 4 nitrogen and oxygen atoms in total. The molecule has 1 atom stereocenters. The number of ether oxygens (including phenoxy) is 1. The highest BCUT2D eigenvalue weighted by atomic mass is 32.2. The number of halogens is 2. The summed E-state index contributed by atoms with van der Waals surface area (Å²) in [5, 5.41) is 3.47. The summed E-state index contributed by atoms with van der Waals surface area (Å²) in [6.07, 6.45) is 4.91. The van der Waals surface area contributed by atoms with Crippen molar-refractivity contribution in [2.75, 3.05) is 12.8 Å². The fraction of sp³-hybridized carbons (Fsp3) is 0.208. The second-order valence-electron chi connectivity index (χ2n) is 7.37. The summed E-state index contributed by atoms with van der Waals surface area (Å²) in [6.45, 7) is -2.16. The first-order valence-corrected chi connectivity index (χ1v) is 11.3. The van der Waals surface area contributed by atoms with E-state index in [0.717, 1.165) is 34.6 Å². The Balaban J connectivity index is 1.62. The molecule has 0 radical (unpaired) electrons. The predicted molar refractivity (Wildman–Crippen MR) is 119 cm³/mol. The number of alkyl halides is 2. The maximum atomic E-state index is 13.0. The van der Waals surface area contributed by atoms with Gasteiger partial charge < -0.3 is 14.5 Å². The van der Waals surface area contributed by atoms with Crippen LogP contribution in [-0.4, -0.2) is 28.8 Å². The van der Waals surface area contributed by atoms with Crippen LogP contribution >= 0.6 is 11.8 Å². The number of imidazole rings is 1. The summed E-state index contributed by atoms with van der Waals surface area (Å²) in [7, 11) is 0. The van der Waals surface area contributed by atoms with E-state index in [2.05, 4.69) is 52.5 Å². The molecule has 1 aliphatic heterocycles. The summed E-state index contributed by atoms with van der Waals surface area (Å²) < 4.78 is 32.9. The minimum Gasteiger partial charge on any atom is -0.434 e. The van der Waals surface area contributed by atoms with Gasteiger partial charge in [0.1, 0.15) is 11.4 Å². The molecular weight excluding hydrogens is 416 g/mol. The van der Waals surface area contributed by atoms with E-state index < -0.39 is 6.61 Å². The highest BCUT2D eigenvalue weighted by Gasteiger charge is 2.29. The topological polar surface area (TPSA) is 38.6 Å². The third-order valence-electron chi connectivity index (χ3n) is 5.58. The Morgan fingerprint density at radius 3 is 2.61 bits per heavy atom. The van der Waals surface area contributed by atoms with Gasteiger partial charge in [-0.2, -0.15) is 8.78 Å². The highest BCUT2D eigenvalue weighted by Crippen LogP contribution is 2.36. The lowest BCUT2D eigenvalue weighted by Crippen LogP contribution is -2.31. The molecule has 5 rings (SSSR count). The van der Waals surface area contributed by atoms with Crippen LogP contribution in [0.25, 0.3) is 16.8 Å². The largest absolute Gasteiger partial charge is 0.434 e. The summed E-state index contributed by atoms with van der Waals surface area (Å²) in [4.78, 5) is 6.03. The van der Waals surface area contributed by atoms with E-state index in [1.165, 1.54) is 4.90 Å². The van der Waals surface area contributed by atoms with Crippen LogP contribution in [0.4, 0.5) is 8.78 Å². The molecule has 0 spiro atoms. The van der Waals surface area contributed by atoms with Crippen molar-refractivity contribution in [1.82, 2.24) is 14.7 Å². The number of nitrogens with one attached hydrogen (secondary N) is 1. The van der Waals surface area contributed by atoms with Gasteiger partial charge in [-0.05, 0) is 47.7 Å². The predicted octanol–water partition coefficient (Wildman–Crippen LogP) is 5.56. The minimum absolute atomic E-state index is 0.182. The SMILES string of the molecule is CSc1ccc(-c2ccc3nc4c(n3c2)C(c2ccccc2OC(F)F)NCC4)cc1. The number of rotatable bonds is 5. The molecule has 0 aliphatic carbocycles. The molecule has 2 aromatic carbocycles. The van der Waals surface area contributed by atoms with Gasteiger partial charge in [-0.3, -0.25) is 0 Å². The van der Waals surface area contributed by atoms with E-state index in [0.29, 0.717) is 12.1 Å². The molecule has 1 aliphatic rings. The van der Waals surface area contributed by atoms with Crippen molar-refractivity contribution >= 4 is 17.4 Å². The van der Waals surface area contributed by atoms with Gasteiger partial charge in [0.15, 0.2) is 0 Å². The fourth-order valence-electron chi connectivity index (χ4n) is 4.17. The summed E-state index contributed by atoms with van der Waals surface area (Å²) >= 11 is 1.71. The number of fused-ring (bicyclic) bond motifs is 3. The van der Waals surface area contributed by atoms with Crippen LogP contribution in [0.5, 0.6) is 5.75 Å². The van der Waals surface area contributed by atoms with Crippen LogP contribution in [0.2, 0.25) is 0 Å². The minimum atomic E-state index is -2.87. The first-order chi connectivity index (χ1) is 15.1. The number of thioether (sulfide) groups is 1. The Hall–Kier alpha value is -2.90. The number of hydrogen-bond donors (Lipinski definition) is 1. The van der Waals surface area contributed by atoms with E-state index in [4.69, 9.17) is 9.72 Å². The second-order valence-corrected chi connectivity index (χ2v) is 8.25. The lowest BCUT2D eigenvalue weighted by Gasteiger charge is -2.26. The van der Waals surface area contributed by atoms with E-state index >= 15 is 0 Å². The number of hydrogen-bond acceptors (Lipinski definition) is 4. The monoisotopic (exact) mass is 437 g/mol.